The van der Waals surface area contributed by atoms with Gasteiger partial charge in [-0.1, -0.05) is 24.3 Å². The van der Waals surface area contributed by atoms with Gasteiger partial charge in [-0.15, -0.1) is 0 Å². The number of hydrogen-bond donors (Lipinski definition) is 1. The van der Waals surface area contributed by atoms with Crippen LogP contribution in [0.5, 0.6) is 5.75 Å². The number of phenolic OH excluding ortho intramolecular Hbond substituents is 1. The minimum atomic E-state index is -1.21. The third-order valence-corrected chi connectivity index (χ3v) is 2.09. The fraction of sp³-hybridized carbons (Fsp3) is 0. The summed E-state index contributed by atoms with van der Waals surface area (Å²) in [7, 11) is 0. The molecule has 0 saturated carbocycles. The molecule has 0 aliphatic heterocycles. The van der Waals surface area contributed by atoms with Crippen molar-refractivity contribution in [1.29, 1.82) is 0 Å². The van der Waals surface area contributed by atoms with Crippen LogP contribution in [0.1, 0.15) is 10.4 Å². The van der Waals surface area contributed by atoms with Crippen molar-refractivity contribution in [3.63, 3.8) is 0 Å². The molecule has 0 aliphatic rings. The molecule has 2 aromatic rings. The monoisotopic (exact) mass is 226 g/mol. The SMILES string of the molecule is O=C([O-])c1ccc2c(O)cccc2c1.[K+]. The van der Waals surface area contributed by atoms with Gasteiger partial charge in [0.1, 0.15) is 5.75 Å². The van der Waals surface area contributed by atoms with Crippen LogP contribution in [0, 0.1) is 0 Å². The fourth-order valence-corrected chi connectivity index (χ4v) is 1.39. The van der Waals surface area contributed by atoms with E-state index in [1.165, 1.54) is 12.1 Å². The maximum absolute atomic E-state index is 10.6. The Hall–Kier alpha value is -0.394. The quantitative estimate of drug-likeness (QED) is 0.567. The molecular formula is C11H7KO3. The van der Waals surface area contributed by atoms with E-state index in [1.807, 2.05) is 0 Å². The number of carboxylic acid groups (broad SMARTS) is 1. The van der Waals surface area contributed by atoms with E-state index < -0.39 is 5.97 Å². The third-order valence-electron chi connectivity index (χ3n) is 2.09. The molecule has 0 saturated heterocycles. The van der Waals surface area contributed by atoms with Gasteiger partial charge in [-0.05, 0) is 23.1 Å². The van der Waals surface area contributed by atoms with Crippen LogP contribution in [-0.4, -0.2) is 11.1 Å². The van der Waals surface area contributed by atoms with E-state index in [9.17, 15) is 15.0 Å². The van der Waals surface area contributed by atoms with Gasteiger partial charge in [-0.3, -0.25) is 0 Å². The van der Waals surface area contributed by atoms with E-state index in [0.29, 0.717) is 10.8 Å². The smallest absolute Gasteiger partial charge is 0.545 e. The number of carboxylic acids is 1. The molecule has 0 amide bonds. The average molecular weight is 226 g/mol. The minimum Gasteiger partial charge on any atom is -0.545 e. The molecule has 0 fully saturated rings. The zero-order valence-electron chi connectivity index (χ0n) is 8.23. The van der Waals surface area contributed by atoms with Crippen LogP contribution in [0.3, 0.4) is 0 Å². The Morgan fingerprint density at radius 3 is 2.60 bits per heavy atom. The van der Waals surface area contributed by atoms with E-state index in [0.717, 1.165) is 0 Å². The molecule has 1 N–H and O–H groups in total. The summed E-state index contributed by atoms with van der Waals surface area (Å²) in [6.45, 7) is 0. The Balaban J connectivity index is 0.00000112. The first-order chi connectivity index (χ1) is 6.68. The number of benzene rings is 2. The molecule has 0 spiro atoms. The normalized spacial score (nSPS) is 9.60. The molecule has 2 aromatic carbocycles. The van der Waals surface area contributed by atoms with Gasteiger partial charge in [0.25, 0.3) is 0 Å². The molecular weight excluding hydrogens is 219 g/mol. The van der Waals surface area contributed by atoms with Crippen molar-refractivity contribution in [2.75, 3.05) is 0 Å². The first-order valence-electron chi connectivity index (χ1n) is 4.11. The van der Waals surface area contributed by atoms with Gasteiger partial charge in [0, 0.05) is 5.39 Å². The minimum absolute atomic E-state index is 0. The van der Waals surface area contributed by atoms with Crippen molar-refractivity contribution in [1.82, 2.24) is 0 Å². The van der Waals surface area contributed by atoms with Crippen molar-refractivity contribution in [3.05, 3.63) is 42.0 Å². The van der Waals surface area contributed by atoms with Crippen molar-refractivity contribution < 1.29 is 66.4 Å². The van der Waals surface area contributed by atoms with Crippen molar-refractivity contribution in [3.8, 4) is 5.75 Å². The summed E-state index contributed by atoms with van der Waals surface area (Å²) in [5.74, 6) is -1.07. The van der Waals surface area contributed by atoms with Crippen molar-refractivity contribution in [2.24, 2.45) is 0 Å². The number of carbonyl (C=O) groups excluding carboxylic acids is 1. The molecule has 0 bridgehead atoms. The number of aromatic hydroxyl groups is 1. The summed E-state index contributed by atoms with van der Waals surface area (Å²) in [5, 5.41) is 21.3. The summed E-state index contributed by atoms with van der Waals surface area (Å²) in [5.41, 5.74) is 0.114. The topological polar surface area (TPSA) is 60.4 Å². The Bertz CT molecular complexity index is 508. The zero-order valence-corrected chi connectivity index (χ0v) is 11.4. The molecule has 15 heavy (non-hydrogen) atoms. The van der Waals surface area contributed by atoms with Crippen LogP contribution in [-0.2, 0) is 0 Å². The van der Waals surface area contributed by atoms with Gasteiger partial charge < -0.3 is 15.0 Å². The molecule has 4 heteroatoms. The Morgan fingerprint density at radius 1 is 1.20 bits per heavy atom. The molecule has 2 rings (SSSR count). The summed E-state index contributed by atoms with van der Waals surface area (Å²) >= 11 is 0. The van der Waals surface area contributed by atoms with E-state index in [4.69, 9.17) is 0 Å². The molecule has 0 atom stereocenters. The average Bonchev–Trinajstić information content (AvgIpc) is 2.17. The number of aromatic carboxylic acids is 1. The summed E-state index contributed by atoms with van der Waals surface area (Å²) in [6, 6.07) is 9.41. The van der Waals surface area contributed by atoms with Gasteiger partial charge in [0.15, 0.2) is 0 Å². The van der Waals surface area contributed by atoms with Gasteiger partial charge in [0.05, 0.1) is 5.97 Å². The van der Waals surface area contributed by atoms with E-state index in [-0.39, 0.29) is 62.7 Å². The standard InChI is InChI=1S/C11H8O3.K/c12-10-3-1-2-7-6-8(11(13)14)4-5-9(7)10;/h1-6,12H,(H,13,14);/q;+1/p-1. The van der Waals surface area contributed by atoms with Crippen molar-refractivity contribution >= 4 is 16.7 Å². The predicted octanol–water partition coefficient (Wildman–Crippen LogP) is -2.09. The number of hydrogen-bond acceptors (Lipinski definition) is 3. The summed E-state index contributed by atoms with van der Waals surface area (Å²) in [4.78, 5) is 10.6. The van der Waals surface area contributed by atoms with Gasteiger partial charge in [-0.25, -0.2) is 0 Å². The second kappa shape index (κ2) is 5.09. The fourth-order valence-electron chi connectivity index (χ4n) is 1.39. The molecule has 0 aromatic heterocycles. The first kappa shape index (κ1) is 12.7. The maximum Gasteiger partial charge on any atom is 1.00 e. The number of fused-ring (bicyclic) bond motifs is 1. The van der Waals surface area contributed by atoms with E-state index in [2.05, 4.69) is 0 Å². The largest absolute Gasteiger partial charge is 1.00 e. The summed E-state index contributed by atoms with van der Waals surface area (Å²) in [6.07, 6.45) is 0. The van der Waals surface area contributed by atoms with Crippen LogP contribution >= 0.6 is 0 Å². The molecule has 70 valence electrons. The molecule has 0 heterocycles. The first-order valence-corrected chi connectivity index (χ1v) is 4.11. The zero-order chi connectivity index (χ0) is 10.1. The van der Waals surface area contributed by atoms with E-state index in [1.54, 1.807) is 24.3 Å². The van der Waals surface area contributed by atoms with Crippen LogP contribution < -0.4 is 56.5 Å². The second-order valence-electron chi connectivity index (χ2n) is 3.00. The van der Waals surface area contributed by atoms with Crippen LogP contribution in [0.2, 0.25) is 0 Å². The van der Waals surface area contributed by atoms with Crippen LogP contribution in [0.25, 0.3) is 10.8 Å². The number of phenols is 1. The van der Waals surface area contributed by atoms with Gasteiger partial charge >= 0.3 is 51.4 Å². The maximum atomic E-state index is 10.6. The number of rotatable bonds is 1. The molecule has 3 nitrogen and oxygen atoms in total. The third kappa shape index (κ3) is 2.59. The van der Waals surface area contributed by atoms with Crippen LogP contribution in [0.4, 0.5) is 0 Å². The predicted molar refractivity (Wildman–Crippen MR) is 49.9 cm³/mol. The van der Waals surface area contributed by atoms with Crippen LogP contribution in [0.15, 0.2) is 36.4 Å². The van der Waals surface area contributed by atoms with Gasteiger partial charge in [-0.2, -0.15) is 0 Å². The number of carbonyl (C=O) groups is 1. The molecule has 0 aliphatic carbocycles. The molecule has 0 unspecified atom stereocenters. The van der Waals surface area contributed by atoms with E-state index >= 15 is 0 Å². The summed E-state index contributed by atoms with van der Waals surface area (Å²) < 4.78 is 0. The Morgan fingerprint density at radius 2 is 1.93 bits per heavy atom. The second-order valence-corrected chi connectivity index (χ2v) is 3.00. The Labute approximate surface area is 129 Å². The van der Waals surface area contributed by atoms with Gasteiger partial charge in [0.2, 0.25) is 0 Å². The molecule has 0 radical (unpaired) electrons. The Kier molecular flexibility index (Phi) is 4.30. The van der Waals surface area contributed by atoms with Crippen molar-refractivity contribution in [2.45, 2.75) is 0 Å².